The van der Waals surface area contributed by atoms with Crippen molar-refractivity contribution < 1.29 is 18.7 Å². The van der Waals surface area contributed by atoms with Crippen LogP contribution in [0.4, 0.5) is 4.39 Å². The van der Waals surface area contributed by atoms with Crippen molar-refractivity contribution in [3.63, 3.8) is 0 Å². The Morgan fingerprint density at radius 1 is 0.933 bits per heavy atom. The van der Waals surface area contributed by atoms with E-state index >= 15 is 0 Å². The van der Waals surface area contributed by atoms with Crippen LogP contribution in [0.1, 0.15) is 41.3 Å². The Hall–Kier alpha value is -3.47. The maximum atomic E-state index is 14.8. The van der Waals surface area contributed by atoms with E-state index in [1.165, 1.54) is 13.0 Å². The van der Waals surface area contributed by atoms with Gasteiger partial charge in [-0.3, -0.25) is 9.59 Å². The van der Waals surface area contributed by atoms with Crippen molar-refractivity contribution in [1.82, 2.24) is 4.90 Å². The van der Waals surface area contributed by atoms with Crippen LogP contribution in [0, 0.1) is 5.82 Å². The predicted molar refractivity (Wildman–Crippen MR) is 111 cm³/mol. The second kappa shape index (κ2) is 8.49. The van der Waals surface area contributed by atoms with Crippen LogP contribution in [-0.2, 0) is 20.7 Å². The van der Waals surface area contributed by atoms with Gasteiger partial charge in [-0.25, -0.2) is 4.39 Å². The van der Waals surface area contributed by atoms with E-state index < -0.39 is 18.1 Å². The van der Waals surface area contributed by atoms with E-state index in [1.54, 1.807) is 47.4 Å². The lowest BCUT2D eigenvalue weighted by Crippen LogP contribution is -2.44. The van der Waals surface area contributed by atoms with Crippen LogP contribution in [0.2, 0.25) is 0 Å². The number of fused-ring (bicyclic) bond motifs is 1. The molecule has 0 N–H and O–H groups in total. The second-order valence-electron chi connectivity index (χ2n) is 7.30. The molecule has 0 radical (unpaired) electrons. The van der Waals surface area contributed by atoms with Gasteiger partial charge in [-0.2, -0.15) is 0 Å². The molecule has 2 atom stereocenters. The quantitative estimate of drug-likeness (QED) is 0.598. The van der Waals surface area contributed by atoms with Crippen molar-refractivity contribution in [3.8, 4) is 0 Å². The first kappa shape index (κ1) is 19.8. The SMILES string of the molecule is CC(=O)O[C@@H](C(=O)N1CCc2ccccc2[C@@H]1c1ccccc1F)c1ccccc1. The third-order valence-corrected chi connectivity index (χ3v) is 5.38. The molecule has 3 aromatic rings. The summed E-state index contributed by atoms with van der Waals surface area (Å²) in [5.41, 5.74) is 2.98. The van der Waals surface area contributed by atoms with Crippen molar-refractivity contribution in [3.05, 3.63) is 107 Å². The van der Waals surface area contributed by atoms with Crippen LogP contribution < -0.4 is 0 Å². The number of amides is 1. The van der Waals surface area contributed by atoms with Crippen molar-refractivity contribution in [2.75, 3.05) is 6.54 Å². The van der Waals surface area contributed by atoms with E-state index in [-0.39, 0.29) is 11.7 Å². The van der Waals surface area contributed by atoms with E-state index in [0.29, 0.717) is 24.1 Å². The fraction of sp³-hybridized carbons (Fsp3) is 0.200. The molecule has 0 saturated heterocycles. The lowest BCUT2D eigenvalue weighted by atomic mass is 9.87. The Morgan fingerprint density at radius 3 is 2.27 bits per heavy atom. The van der Waals surface area contributed by atoms with Gasteiger partial charge in [-0.15, -0.1) is 0 Å². The number of carbonyl (C=O) groups excluding carboxylic acids is 2. The second-order valence-corrected chi connectivity index (χ2v) is 7.30. The van der Waals surface area contributed by atoms with Crippen LogP contribution in [0.15, 0.2) is 78.9 Å². The highest BCUT2D eigenvalue weighted by Crippen LogP contribution is 2.38. The lowest BCUT2D eigenvalue weighted by molar-refractivity contribution is -0.160. The van der Waals surface area contributed by atoms with Gasteiger partial charge in [0.15, 0.2) is 0 Å². The van der Waals surface area contributed by atoms with Crippen LogP contribution >= 0.6 is 0 Å². The molecule has 0 aliphatic carbocycles. The average molecular weight is 403 g/mol. The Kier molecular flexibility index (Phi) is 5.61. The van der Waals surface area contributed by atoms with Gasteiger partial charge in [0.2, 0.25) is 6.10 Å². The average Bonchev–Trinajstić information content (AvgIpc) is 2.77. The highest BCUT2D eigenvalue weighted by atomic mass is 19.1. The highest BCUT2D eigenvalue weighted by Gasteiger charge is 2.38. The summed E-state index contributed by atoms with van der Waals surface area (Å²) in [7, 11) is 0. The van der Waals surface area contributed by atoms with E-state index in [4.69, 9.17) is 4.74 Å². The number of ether oxygens (including phenoxy) is 1. The molecular formula is C25H22FNO3. The molecule has 5 heteroatoms. The Bertz CT molecular complexity index is 1070. The number of benzene rings is 3. The largest absolute Gasteiger partial charge is 0.447 e. The molecule has 152 valence electrons. The van der Waals surface area contributed by atoms with Gasteiger partial charge in [0.05, 0.1) is 6.04 Å². The molecular weight excluding hydrogens is 381 g/mol. The fourth-order valence-electron chi connectivity index (χ4n) is 4.04. The summed E-state index contributed by atoms with van der Waals surface area (Å²) in [6, 6.07) is 22.6. The lowest BCUT2D eigenvalue weighted by Gasteiger charge is -2.39. The number of halogens is 1. The van der Waals surface area contributed by atoms with Crippen molar-refractivity contribution in [1.29, 1.82) is 0 Å². The maximum Gasteiger partial charge on any atom is 0.303 e. The van der Waals surface area contributed by atoms with Crippen LogP contribution in [0.25, 0.3) is 0 Å². The molecule has 0 fully saturated rings. The van der Waals surface area contributed by atoms with Crippen LogP contribution in [-0.4, -0.2) is 23.3 Å². The zero-order chi connectivity index (χ0) is 21.1. The molecule has 1 amide bonds. The molecule has 4 rings (SSSR count). The van der Waals surface area contributed by atoms with Crippen molar-refractivity contribution >= 4 is 11.9 Å². The summed E-state index contributed by atoms with van der Waals surface area (Å²) in [4.78, 5) is 27.1. The molecule has 0 bridgehead atoms. The van der Waals surface area contributed by atoms with Gasteiger partial charge in [0.25, 0.3) is 5.91 Å². The summed E-state index contributed by atoms with van der Waals surface area (Å²) >= 11 is 0. The molecule has 0 unspecified atom stereocenters. The third-order valence-electron chi connectivity index (χ3n) is 5.38. The number of carbonyl (C=O) groups is 2. The van der Waals surface area contributed by atoms with E-state index in [1.807, 2.05) is 30.3 Å². The Balaban J connectivity index is 1.80. The molecule has 1 aliphatic rings. The van der Waals surface area contributed by atoms with Gasteiger partial charge in [0, 0.05) is 24.6 Å². The minimum Gasteiger partial charge on any atom is -0.447 e. The zero-order valence-electron chi connectivity index (χ0n) is 16.6. The summed E-state index contributed by atoms with van der Waals surface area (Å²) < 4.78 is 20.2. The molecule has 1 heterocycles. The van der Waals surface area contributed by atoms with E-state index in [2.05, 4.69) is 0 Å². The predicted octanol–water partition coefficient (Wildman–Crippen LogP) is 4.60. The Labute approximate surface area is 174 Å². The first-order valence-corrected chi connectivity index (χ1v) is 9.91. The molecule has 30 heavy (non-hydrogen) atoms. The third kappa shape index (κ3) is 3.83. The van der Waals surface area contributed by atoms with E-state index in [9.17, 15) is 14.0 Å². The molecule has 0 saturated carbocycles. The summed E-state index contributed by atoms with van der Waals surface area (Å²) in [5, 5.41) is 0. The van der Waals surface area contributed by atoms with Gasteiger partial charge in [-0.05, 0) is 23.6 Å². The normalized spacial score (nSPS) is 16.5. The fourth-order valence-corrected chi connectivity index (χ4v) is 4.04. The first-order valence-electron chi connectivity index (χ1n) is 9.91. The molecule has 0 spiro atoms. The van der Waals surface area contributed by atoms with Crippen LogP contribution in [0.3, 0.4) is 0 Å². The van der Waals surface area contributed by atoms with Gasteiger partial charge >= 0.3 is 5.97 Å². The zero-order valence-corrected chi connectivity index (χ0v) is 16.6. The summed E-state index contributed by atoms with van der Waals surface area (Å²) in [6.07, 6.45) is -0.433. The number of rotatable bonds is 4. The minimum absolute atomic E-state index is 0.362. The topological polar surface area (TPSA) is 46.6 Å². The monoisotopic (exact) mass is 403 g/mol. The Morgan fingerprint density at radius 2 is 1.57 bits per heavy atom. The standard InChI is InChI=1S/C25H22FNO3/c1-17(28)30-24(19-10-3-2-4-11-19)25(29)27-16-15-18-9-5-6-12-20(18)23(27)21-13-7-8-14-22(21)26/h2-14,23-24H,15-16H2,1H3/t23-,24-/m1/s1. The number of hydrogen-bond acceptors (Lipinski definition) is 3. The first-order chi connectivity index (χ1) is 14.6. The molecule has 1 aliphatic heterocycles. The van der Waals surface area contributed by atoms with Crippen molar-refractivity contribution in [2.45, 2.75) is 25.5 Å². The number of nitrogens with zero attached hydrogens (tertiary/aromatic N) is 1. The van der Waals surface area contributed by atoms with Gasteiger partial charge in [-0.1, -0.05) is 72.8 Å². The van der Waals surface area contributed by atoms with Gasteiger partial charge < -0.3 is 9.64 Å². The molecule has 4 nitrogen and oxygen atoms in total. The molecule has 3 aromatic carbocycles. The van der Waals surface area contributed by atoms with Crippen LogP contribution in [0.5, 0.6) is 0 Å². The summed E-state index contributed by atoms with van der Waals surface area (Å²) in [6.45, 7) is 1.68. The van der Waals surface area contributed by atoms with Gasteiger partial charge in [0.1, 0.15) is 5.82 Å². The highest BCUT2D eigenvalue weighted by molar-refractivity contribution is 5.85. The van der Waals surface area contributed by atoms with Crippen molar-refractivity contribution in [2.24, 2.45) is 0 Å². The smallest absolute Gasteiger partial charge is 0.303 e. The maximum absolute atomic E-state index is 14.8. The number of hydrogen-bond donors (Lipinski definition) is 0. The number of esters is 1. The molecule has 0 aromatic heterocycles. The van der Waals surface area contributed by atoms with E-state index in [0.717, 1.165) is 11.1 Å². The summed E-state index contributed by atoms with van der Waals surface area (Å²) in [5.74, 6) is -1.28. The minimum atomic E-state index is -1.08.